The summed E-state index contributed by atoms with van der Waals surface area (Å²) in [4.78, 5) is 7.88. The maximum absolute atomic E-state index is 13.5. The topological polar surface area (TPSA) is 25.8 Å². The molecule has 0 N–H and O–H groups in total. The maximum atomic E-state index is 13.5. The molecule has 0 fully saturated rings. The minimum atomic E-state index is -0.383. The zero-order chi connectivity index (χ0) is 10.8. The van der Waals surface area contributed by atoms with Crippen LogP contribution < -0.4 is 0 Å². The van der Waals surface area contributed by atoms with Crippen molar-refractivity contribution in [3.8, 4) is 11.4 Å². The molecule has 0 aliphatic carbocycles. The van der Waals surface area contributed by atoms with Gasteiger partial charge in [0.15, 0.2) is 5.82 Å². The van der Waals surface area contributed by atoms with Crippen LogP contribution in [0.3, 0.4) is 0 Å². The molecular weight excluding hydrogens is 282 g/mol. The van der Waals surface area contributed by atoms with Crippen LogP contribution in [0.2, 0.25) is 5.15 Å². The van der Waals surface area contributed by atoms with Gasteiger partial charge in [-0.25, -0.2) is 14.4 Å². The maximum Gasteiger partial charge on any atom is 0.163 e. The molecule has 1 aromatic carbocycles. The van der Waals surface area contributed by atoms with E-state index in [2.05, 4.69) is 25.9 Å². The fourth-order valence-electron chi connectivity index (χ4n) is 1.14. The van der Waals surface area contributed by atoms with Gasteiger partial charge in [0, 0.05) is 10.7 Å². The predicted octanol–water partition coefficient (Wildman–Crippen LogP) is 3.70. The Labute approximate surface area is 99.3 Å². The number of hydrogen-bond donors (Lipinski definition) is 0. The van der Waals surface area contributed by atoms with Crippen LogP contribution in [0.1, 0.15) is 0 Å². The third kappa shape index (κ3) is 2.33. The molecule has 0 saturated carbocycles. The highest BCUT2D eigenvalue weighted by molar-refractivity contribution is 9.10. The van der Waals surface area contributed by atoms with E-state index in [1.807, 2.05) is 0 Å². The summed E-state index contributed by atoms with van der Waals surface area (Å²) in [5.74, 6) is -0.0980. The minimum absolute atomic E-state index is 0.285. The highest BCUT2D eigenvalue weighted by atomic mass is 79.9. The zero-order valence-corrected chi connectivity index (χ0v) is 9.76. The molecule has 0 unspecified atom stereocenters. The number of rotatable bonds is 1. The summed E-state index contributed by atoms with van der Waals surface area (Å²) in [5.41, 5.74) is 0.334. The van der Waals surface area contributed by atoms with Gasteiger partial charge in [-0.2, -0.15) is 0 Å². The zero-order valence-electron chi connectivity index (χ0n) is 7.42. The van der Waals surface area contributed by atoms with E-state index in [0.717, 1.165) is 0 Å². The van der Waals surface area contributed by atoms with E-state index in [9.17, 15) is 4.39 Å². The van der Waals surface area contributed by atoms with E-state index in [4.69, 9.17) is 11.6 Å². The lowest BCUT2D eigenvalue weighted by Crippen LogP contribution is -1.91. The van der Waals surface area contributed by atoms with Crippen LogP contribution >= 0.6 is 27.5 Å². The summed E-state index contributed by atoms with van der Waals surface area (Å²) in [6, 6.07) is 6.23. The molecule has 0 radical (unpaired) electrons. The Hall–Kier alpha value is -1.000. The van der Waals surface area contributed by atoms with E-state index in [0.29, 0.717) is 15.2 Å². The number of halogens is 3. The summed E-state index contributed by atoms with van der Waals surface area (Å²) in [6.07, 6.45) is 1.49. The third-order valence-electron chi connectivity index (χ3n) is 1.79. The van der Waals surface area contributed by atoms with Crippen molar-refractivity contribution in [2.45, 2.75) is 0 Å². The fourth-order valence-corrected chi connectivity index (χ4v) is 1.61. The van der Waals surface area contributed by atoms with Crippen LogP contribution in [-0.2, 0) is 0 Å². The monoisotopic (exact) mass is 286 g/mol. The Morgan fingerprint density at radius 2 is 2.07 bits per heavy atom. The number of aromatic nitrogens is 2. The molecule has 0 saturated heterocycles. The van der Waals surface area contributed by atoms with E-state index in [-0.39, 0.29) is 11.6 Å². The molecule has 0 aliphatic rings. The lowest BCUT2D eigenvalue weighted by molar-refractivity contribution is 0.629. The van der Waals surface area contributed by atoms with E-state index >= 15 is 0 Å². The minimum Gasteiger partial charge on any atom is -0.236 e. The molecule has 1 aromatic heterocycles. The molecule has 15 heavy (non-hydrogen) atoms. The predicted molar refractivity (Wildman–Crippen MR) is 60.1 cm³/mol. The van der Waals surface area contributed by atoms with E-state index < -0.39 is 0 Å². The van der Waals surface area contributed by atoms with Crippen molar-refractivity contribution < 1.29 is 4.39 Å². The summed E-state index contributed by atoms with van der Waals surface area (Å²) < 4.78 is 14.2. The van der Waals surface area contributed by atoms with Crippen molar-refractivity contribution in [2.24, 2.45) is 0 Å². The first-order chi connectivity index (χ1) is 7.16. The normalized spacial score (nSPS) is 10.3. The van der Waals surface area contributed by atoms with Crippen molar-refractivity contribution >= 4 is 27.5 Å². The second-order valence-electron chi connectivity index (χ2n) is 2.83. The standard InChI is InChI=1S/C10H5BrClFN2/c11-6-1-2-7(8(13)5-6)10-14-4-3-9(12)15-10/h1-5H. The van der Waals surface area contributed by atoms with Crippen LogP contribution in [0.25, 0.3) is 11.4 Å². The molecule has 2 rings (SSSR count). The molecule has 5 heteroatoms. The average molecular weight is 288 g/mol. The first-order valence-electron chi connectivity index (χ1n) is 4.11. The third-order valence-corrected chi connectivity index (χ3v) is 2.50. The van der Waals surface area contributed by atoms with Gasteiger partial charge in [-0.15, -0.1) is 0 Å². The van der Waals surface area contributed by atoms with Gasteiger partial charge in [-0.1, -0.05) is 27.5 Å². The summed E-state index contributed by atoms with van der Waals surface area (Å²) in [7, 11) is 0. The highest BCUT2D eigenvalue weighted by Gasteiger charge is 2.08. The fraction of sp³-hybridized carbons (Fsp3) is 0. The number of nitrogens with zero attached hydrogens (tertiary/aromatic N) is 2. The van der Waals surface area contributed by atoms with Crippen LogP contribution in [-0.4, -0.2) is 9.97 Å². The smallest absolute Gasteiger partial charge is 0.163 e. The van der Waals surface area contributed by atoms with Crippen molar-refractivity contribution in [1.82, 2.24) is 9.97 Å². The molecular formula is C10H5BrClFN2. The molecule has 2 aromatic rings. The summed E-state index contributed by atoms with van der Waals surface area (Å²) in [6.45, 7) is 0. The number of hydrogen-bond acceptors (Lipinski definition) is 2. The summed E-state index contributed by atoms with van der Waals surface area (Å²) >= 11 is 8.87. The highest BCUT2D eigenvalue weighted by Crippen LogP contribution is 2.23. The molecule has 2 nitrogen and oxygen atoms in total. The van der Waals surface area contributed by atoms with Crippen LogP contribution in [0.4, 0.5) is 4.39 Å². The second-order valence-corrected chi connectivity index (χ2v) is 4.13. The Morgan fingerprint density at radius 3 is 2.73 bits per heavy atom. The molecule has 0 spiro atoms. The average Bonchev–Trinajstić information content (AvgIpc) is 2.17. The summed E-state index contributed by atoms with van der Waals surface area (Å²) in [5, 5.41) is 0.294. The Bertz CT molecular complexity index is 505. The SMILES string of the molecule is Fc1cc(Br)ccc1-c1nccc(Cl)n1. The molecule has 0 amide bonds. The van der Waals surface area contributed by atoms with Crippen molar-refractivity contribution in [3.05, 3.63) is 45.9 Å². The largest absolute Gasteiger partial charge is 0.236 e. The van der Waals surface area contributed by atoms with Gasteiger partial charge < -0.3 is 0 Å². The molecule has 76 valence electrons. The quantitative estimate of drug-likeness (QED) is 0.747. The molecule has 0 aliphatic heterocycles. The van der Waals surface area contributed by atoms with Crippen LogP contribution in [0.5, 0.6) is 0 Å². The van der Waals surface area contributed by atoms with Crippen LogP contribution in [0.15, 0.2) is 34.9 Å². The van der Waals surface area contributed by atoms with Gasteiger partial charge in [0.2, 0.25) is 0 Å². The molecule has 0 bridgehead atoms. The van der Waals surface area contributed by atoms with Crippen molar-refractivity contribution in [1.29, 1.82) is 0 Å². The van der Waals surface area contributed by atoms with E-state index in [1.165, 1.54) is 12.3 Å². The number of benzene rings is 1. The van der Waals surface area contributed by atoms with Crippen molar-refractivity contribution in [2.75, 3.05) is 0 Å². The van der Waals surface area contributed by atoms with Crippen molar-refractivity contribution in [3.63, 3.8) is 0 Å². The van der Waals surface area contributed by atoms with Gasteiger partial charge in [-0.05, 0) is 24.3 Å². The van der Waals surface area contributed by atoms with Gasteiger partial charge in [-0.3, -0.25) is 0 Å². The lowest BCUT2D eigenvalue weighted by atomic mass is 10.2. The molecule has 1 heterocycles. The van der Waals surface area contributed by atoms with Gasteiger partial charge in [0.25, 0.3) is 0 Å². The second kappa shape index (κ2) is 4.24. The van der Waals surface area contributed by atoms with Crippen LogP contribution in [0, 0.1) is 5.82 Å². The lowest BCUT2D eigenvalue weighted by Gasteiger charge is -2.02. The van der Waals surface area contributed by atoms with Gasteiger partial charge in [0.1, 0.15) is 11.0 Å². The first-order valence-corrected chi connectivity index (χ1v) is 5.28. The Morgan fingerprint density at radius 1 is 1.27 bits per heavy atom. The molecule has 0 atom stereocenters. The first kappa shape index (κ1) is 10.5. The van der Waals surface area contributed by atoms with Gasteiger partial charge in [0.05, 0.1) is 5.56 Å². The Kier molecular flexibility index (Phi) is 2.98. The Balaban J connectivity index is 2.54. The van der Waals surface area contributed by atoms with E-state index in [1.54, 1.807) is 18.2 Å². The van der Waals surface area contributed by atoms with Gasteiger partial charge >= 0.3 is 0 Å².